The third-order valence-corrected chi connectivity index (χ3v) is 3.94. The molecule has 0 atom stereocenters. The lowest BCUT2D eigenvalue weighted by atomic mass is 10.1. The first-order valence-electron chi connectivity index (χ1n) is 4.26. The lowest BCUT2D eigenvalue weighted by Crippen LogP contribution is -2.40. The molecule has 1 aromatic rings. The van der Waals surface area contributed by atoms with Gasteiger partial charge in [-0.3, -0.25) is 9.63 Å². The fourth-order valence-electron chi connectivity index (χ4n) is 1.48. The van der Waals surface area contributed by atoms with Gasteiger partial charge in [-0.1, -0.05) is 16.6 Å². The molecule has 6 heteroatoms. The van der Waals surface area contributed by atoms with Gasteiger partial charge in [0.25, 0.3) is 10.0 Å². The van der Waals surface area contributed by atoms with Crippen LogP contribution in [0.5, 0.6) is 0 Å². The van der Waals surface area contributed by atoms with Gasteiger partial charge in [-0.25, -0.2) is 8.42 Å². The summed E-state index contributed by atoms with van der Waals surface area (Å²) < 4.78 is 24.4. The topological polar surface area (TPSA) is 63.7 Å². The maximum absolute atomic E-state index is 11.8. The zero-order valence-electron chi connectivity index (χ0n) is 8.00. The largest absolute Gasteiger partial charge is 0.293 e. The van der Waals surface area contributed by atoms with Crippen LogP contribution in [-0.2, 0) is 14.9 Å². The van der Waals surface area contributed by atoms with Gasteiger partial charge in [0.2, 0.25) is 0 Å². The van der Waals surface area contributed by atoms with Crippen molar-refractivity contribution < 1.29 is 18.0 Å². The van der Waals surface area contributed by atoms with Crippen LogP contribution < -0.4 is 0 Å². The van der Waals surface area contributed by atoms with Crippen LogP contribution in [0.15, 0.2) is 29.2 Å². The highest BCUT2D eigenvalue weighted by Crippen LogP contribution is 2.25. The second-order valence-electron chi connectivity index (χ2n) is 3.07. The third-order valence-electron chi connectivity index (χ3n) is 2.21. The number of benzene rings is 1. The van der Waals surface area contributed by atoms with Crippen LogP contribution in [0.2, 0.25) is 0 Å². The number of fused-ring (bicyclic) bond motifs is 1. The molecule has 5 nitrogen and oxygen atoms in total. The van der Waals surface area contributed by atoms with Crippen molar-refractivity contribution >= 4 is 15.8 Å². The summed E-state index contributed by atoms with van der Waals surface area (Å²) in [5.74, 6) is -0.262. The third kappa shape index (κ3) is 1.46. The van der Waals surface area contributed by atoms with Crippen LogP contribution in [0.1, 0.15) is 10.4 Å². The Hall–Kier alpha value is -1.24. The van der Waals surface area contributed by atoms with Crippen LogP contribution in [-0.4, -0.2) is 32.3 Å². The van der Waals surface area contributed by atoms with Crippen molar-refractivity contribution in [1.82, 2.24) is 4.47 Å². The van der Waals surface area contributed by atoms with Gasteiger partial charge in [-0.05, 0) is 12.1 Å². The van der Waals surface area contributed by atoms with Crippen molar-refractivity contribution in [2.75, 3.05) is 13.7 Å². The van der Waals surface area contributed by atoms with Crippen molar-refractivity contribution in [2.24, 2.45) is 0 Å². The van der Waals surface area contributed by atoms with E-state index in [-0.39, 0.29) is 22.8 Å². The number of Topliss-reactive ketones (excluding diaryl/α,β-unsaturated/α-hetero) is 1. The average molecular weight is 227 g/mol. The predicted molar refractivity (Wildman–Crippen MR) is 51.7 cm³/mol. The summed E-state index contributed by atoms with van der Waals surface area (Å²) in [5.41, 5.74) is 0.228. The van der Waals surface area contributed by atoms with Gasteiger partial charge in [0.1, 0.15) is 6.54 Å². The summed E-state index contributed by atoms with van der Waals surface area (Å²) >= 11 is 0. The molecule has 0 spiro atoms. The molecule has 2 rings (SSSR count). The molecule has 0 aromatic heterocycles. The minimum absolute atomic E-state index is 0.00287. The minimum Gasteiger partial charge on any atom is -0.293 e. The van der Waals surface area contributed by atoms with Crippen LogP contribution >= 0.6 is 0 Å². The predicted octanol–water partition coefficient (Wildman–Crippen LogP) is 0.435. The van der Waals surface area contributed by atoms with Crippen molar-refractivity contribution in [2.45, 2.75) is 4.90 Å². The maximum atomic E-state index is 11.8. The van der Waals surface area contributed by atoms with E-state index in [0.29, 0.717) is 4.47 Å². The molecule has 1 aliphatic rings. The van der Waals surface area contributed by atoms with E-state index in [1.165, 1.54) is 19.2 Å². The number of rotatable bonds is 1. The summed E-state index contributed by atoms with van der Waals surface area (Å²) in [4.78, 5) is 16.2. The van der Waals surface area contributed by atoms with Crippen LogP contribution in [0.25, 0.3) is 0 Å². The Morgan fingerprint density at radius 2 is 2.00 bits per heavy atom. The molecule has 80 valence electrons. The highest BCUT2D eigenvalue weighted by Gasteiger charge is 2.35. The molecule has 0 fully saturated rings. The number of ketones is 1. The highest BCUT2D eigenvalue weighted by atomic mass is 32.2. The van der Waals surface area contributed by atoms with Crippen LogP contribution in [0.4, 0.5) is 0 Å². The number of hydrogen-bond acceptors (Lipinski definition) is 4. The van der Waals surface area contributed by atoms with Gasteiger partial charge < -0.3 is 0 Å². The van der Waals surface area contributed by atoms with Crippen LogP contribution in [0.3, 0.4) is 0 Å². The second-order valence-corrected chi connectivity index (χ2v) is 4.87. The van der Waals surface area contributed by atoms with Gasteiger partial charge >= 0.3 is 0 Å². The summed E-state index contributed by atoms with van der Waals surface area (Å²) in [6.07, 6.45) is 0. The standard InChI is InChI=1S/C9H9NO4S/c1-14-10-6-8(11)7-4-2-3-5-9(7)15(10,12)13/h2-5H,6H2,1H3. The molecule has 0 amide bonds. The van der Waals surface area contributed by atoms with E-state index in [1.807, 2.05) is 0 Å². The zero-order chi connectivity index (χ0) is 11.1. The first-order valence-corrected chi connectivity index (χ1v) is 5.70. The Labute approximate surface area is 87.3 Å². The van der Waals surface area contributed by atoms with Crippen molar-refractivity contribution in [3.8, 4) is 0 Å². The van der Waals surface area contributed by atoms with E-state index in [2.05, 4.69) is 4.84 Å². The second kappa shape index (κ2) is 3.41. The fraction of sp³-hybridized carbons (Fsp3) is 0.222. The Morgan fingerprint density at radius 3 is 2.67 bits per heavy atom. The number of hydrogen-bond donors (Lipinski definition) is 0. The zero-order valence-corrected chi connectivity index (χ0v) is 8.82. The Bertz CT molecular complexity index is 509. The molecule has 0 unspecified atom stereocenters. The van der Waals surface area contributed by atoms with Crippen LogP contribution in [0, 0.1) is 0 Å². The molecule has 1 heterocycles. The molecule has 0 saturated carbocycles. The maximum Gasteiger partial charge on any atom is 0.266 e. The number of hydroxylamine groups is 1. The summed E-state index contributed by atoms with van der Waals surface area (Å²) in [5, 5.41) is 0. The first kappa shape index (κ1) is 10.3. The Balaban J connectivity index is 2.68. The minimum atomic E-state index is -3.68. The lowest BCUT2D eigenvalue weighted by molar-refractivity contribution is -0.0438. The number of carbonyl (C=O) groups excluding carboxylic acids is 1. The highest BCUT2D eigenvalue weighted by molar-refractivity contribution is 7.89. The smallest absolute Gasteiger partial charge is 0.266 e. The molecule has 0 radical (unpaired) electrons. The van der Waals surface area contributed by atoms with Gasteiger partial charge in [0.05, 0.1) is 12.0 Å². The molecular weight excluding hydrogens is 218 g/mol. The Kier molecular flexibility index (Phi) is 2.34. The molecule has 0 aliphatic carbocycles. The number of nitrogens with zero attached hydrogens (tertiary/aromatic N) is 1. The molecule has 15 heavy (non-hydrogen) atoms. The van der Waals surface area contributed by atoms with Crippen molar-refractivity contribution in [3.05, 3.63) is 29.8 Å². The first-order chi connectivity index (χ1) is 7.07. The van der Waals surface area contributed by atoms with Crippen molar-refractivity contribution in [3.63, 3.8) is 0 Å². The summed E-state index contributed by atoms with van der Waals surface area (Å²) in [6.45, 7) is -0.268. The van der Waals surface area contributed by atoms with E-state index in [1.54, 1.807) is 12.1 Å². The average Bonchev–Trinajstić information content (AvgIpc) is 2.24. The van der Waals surface area contributed by atoms with Gasteiger partial charge in [-0.2, -0.15) is 0 Å². The van der Waals surface area contributed by atoms with E-state index >= 15 is 0 Å². The van der Waals surface area contributed by atoms with E-state index in [0.717, 1.165) is 0 Å². The fourth-order valence-corrected chi connectivity index (χ4v) is 2.89. The number of carbonyl (C=O) groups is 1. The molecule has 1 aromatic carbocycles. The number of sulfonamides is 1. The van der Waals surface area contributed by atoms with Crippen molar-refractivity contribution in [1.29, 1.82) is 0 Å². The summed E-state index contributed by atoms with van der Waals surface area (Å²) in [6, 6.07) is 6.10. The lowest BCUT2D eigenvalue weighted by Gasteiger charge is -2.24. The molecule has 1 aliphatic heterocycles. The van der Waals surface area contributed by atoms with E-state index < -0.39 is 10.0 Å². The van der Waals surface area contributed by atoms with E-state index in [9.17, 15) is 13.2 Å². The SMILES string of the molecule is CON1CC(=O)c2ccccc2S1(=O)=O. The van der Waals surface area contributed by atoms with Gasteiger partial charge in [0, 0.05) is 5.56 Å². The molecule has 0 bridgehead atoms. The Morgan fingerprint density at radius 1 is 1.33 bits per heavy atom. The normalized spacial score (nSPS) is 19.9. The molecule has 0 saturated heterocycles. The summed E-state index contributed by atoms with van der Waals surface area (Å²) in [7, 11) is -2.45. The quantitative estimate of drug-likeness (QED) is 0.698. The van der Waals surface area contributed by atoms with Gasteiger partial charge in [-0.15, -0.1) is 0 Å². The van der Waals surface area contributed by atoms with E-state index in [4.69, 9.17) is 0 Å². The molecule has 0 N–H and O–H groups in total. The van der Waals surface area contributed by atoms with Gasteiger partial charge in [0.15, 0.2) is 5.78 Å². The monoisotopic (exact) mass is 227 g/mol. The molecular formula is C9H9NO4S.